The minimum Gasteiger partial charge on any atom is -0.481 e. The number of hydrogen-bond donors (Lipinski definition) is 1. The summed E-state index contributed by atoms with van der Waals surface area (Å²) < 4.78 is 5.32. The Hall–Kier alpha value is -0.610. The number of aliphatic carboxylic acids is 1. The molecule has 0 aromatic rings. The summed E-state index contributed by atoms with van der Waals surface area (Å²) in [4.78, 5) is 13.4. The summed E-state index contributed by atoms with van der Waals surface area (Å²) >= 11 is 0. The van der Waals surface area contributed by atoms with E-state index in [1.165, 1.54) is 19.3 Å². The lowest BCUT2D eigenvalue weighted by molar-refractivity contribution is -0.143. The van der Waals surface area contributed by atoms with Gasteiger partial charge in [-0.05, 0) is 25.8 Å². The second-order valence-electron chi connectivity index (χ2n) is 5.19. The molecule has 0 radical (unpaired) electrons. The molecule has 0 aromatic heterocycles. The van der Waals surface area contributed by atoms with Gasteiger partial charge in [-0.3, -0.25) is 9.69 Å². The van der Waals surface area contributed by atoms with Crippen LogP contribution in [0.5, 0.6) is 0 Å². The van der Waals surface area contributed by atoms with E-state index in [2.05, 4.69) is 18.9 Å². The standard InChI is InChI=1S/C12H21NO3/c1-8-4-3-5-10(8)13(2)11-7-16-6-9(11)12(14)15/h8-11H,3-7H2,1-2H3,(H,14,15). The summed E-state index contributed by atoms with van der Waals surface area (Å²) in [5, 5.41) is 9.13. The molecule has 92 valence electrons. The van der Waals surface area contributed by atoms with Gasteiger partial charge in [0.15, 0.2) is 0 Å². The fourth-order valence-corrected chi connectivity index (χ4v) is 3.16. The van der Waals surface area contributed by atoms with Crippen LogP contribution >= 0.6 is 0 Å². The molecular formula is C12H21NO3. The lowest BCUT2D eigenvalue weighted by Gasteiger charge is -2.34. The Morgan fingerprint density at radius 1 is 1.31 bits per heavy atom. The lowest BCUT2D eigenvalue weighted by Crippen LogP contribution is -2.47. The van der Waals surface area contributed by atoms with E-state index in [1.54, 1.807) is 0 Å². The van der Waals surface area contributed by atoms with Crippen molar-refractivity contribution in [3.63, 3.8) is 0 Å². The summed E-state index contributed by atoms with van der Waals surface area (Å²) in [7, 11) is 2.06. The number of carbonyl (C=O) groups is 1. The Balaban J connectivity index is 2.03. The smallest absolute Gasteiger partial charge is 0.310 e. The van der Waals surface area contributed by atoms with E-state index in [9.17, 15) is 4.79 Å². The van der Waals surface area contributed by atoms with E-state index in [1.807, 2.05) is 0 Å². The number of nitrogens with zero attached hydrogens (tertiary/aromatic N) is 1. The van der Waals surface area contributed by atoms with Crippen molar-refractivity contribution in [1.82, 2.24) is 4.90 Å². The van der Waals surface area contributed by atoms with Gasteiger partial charge >= 0.3 is 5.97 Å². The van der Waals surface area contributed by atoms with Gasteiger partial charge in [0.25, 0.3) is 0 Å². The molecule has 4 atom stereocenters. The summed E-state index contributed by atoms with van der Waals surface area (Å²) in [5.74, 6) is -0.391. The molecule has 1 saturated carbocycles. The van der Waals surface area contributed by atoms with Crippen LogP contribution in [-0.4, -0.2) is 48.3 Å². The molecule has 4 unspecified atom stereocenters. The summed E-state index contributed by atoms with van der Waals surface area (Å²) in [6, 6.07) is 0.594. The monoisotopic (exact) mass is 227 g/mol. The van der Waals surface area contributed by atoms with Crippen LogP contribution in [-0.2, 0) is 9.53 Å². The Bertz CT molecular complexity index is 269. The van der Waals surface area contributed by atoms with Crippen molar-refractivity contribution in [2.75, 3.05) is 20.3 Å². The van der Waals surface area contributed by atoms with Crippen LogP contribution in [0.2, 0.25) is 0 Å². The van der Waals surface area contributed by atoms with E-state index >= 15 is 0 Å². The molecule has 4 nitrogen and oxygen atoms in total. The number of likely N-dealkylation sites (N-methyl/N-ethyl adjacent to an activating group) is 1. The Kier molecular flexibility index (Phi) is 3.50. The maximum absolute atomic E-state index is 11.1. The minimum atomic E-state index is -0.722. The van der Waals surface area contributed by atoms with E-state index in [0.717, 1.165) is 0 Å². The van der Waals surface area contributed by atoms with Crippen LogP contribution in [0, 0.1) is 11.8 Å². The van der Waals surface area contributed by atoms with Crippen LogP contribution in [0.1, 0.15) is 26.2 Å². The highest BCUT2D eigenvalue weighted by Gasteiger charge is 2.40. The summed E-state index contributed by atoms with van der Waals surface area (Å²) in [5.41, 5.74) is 0. The summed E-state index contributed by atoms with van der Waals surface area (Å²) in [6.45, 7) is 3.20. The fraction of sp³-hybridized carbons (Fsp3) is 0.917. The highest BCUT2D eigenvalue weighted by atomic mass is 16.5. The molecule has 1 heterocycles. The fourth-order valence-electron chi connectivity index (χ4n) is 3.16. The third-order valence-corrected chi connectivity index (χ3v) is 4.23. The van der Waals surface area contributed by atoms with E-state index in [0.29, 0.717) is 25.2 Å². The van der Waals surface area contributed by atoms with Gasteiger partial charge in [0.1, 0.15) is 0 Å². The Morgan fingerprint density at radius 2 is 2.06 bits per heavy atom. The average molecular weight is 227 g/mol. The van der Waals surface area contributed by atoms with Crippen LogP contribution in [0.4, 0.5) is 0 Å². The van der Waals surface area contributed by atoms with Crippen LogP contribution in [0.25, 0.3) is 0 Å². The van der Waals surface area contributed by atoms with Crippen LogP contribution in [0.15, 0.2) is 0 Å². The van der Waals surface area contributed by atoms with Crippen molar-refractivity contribution < 1.29 is 14.6 Å². The summed E-state index contributed by atoms with van der Waals surface area (Å²) in [6.07, 6.45) is 3.72. The number of hydrogen-bond acceptors (Lipinski definition) is 3. The number of rotatable bonds is 3. The lowest BCUT2D eigenvalue weighted by atomic mass is 9.97. The van der Waals surface area contributed by atoms with Gasteiger partial charge in [0.05, 0.1) is 19.1 Å². The molecule has 1 saturated heterocycles. The molecule has 1 N–H and O–H groups in total. The number of carboxylic acids is 1. The van der Waals surface area contributed by atoms with Crippen molar-refractivity contribution >= 4 is 5.97 Å². The average Bonchev–Trinajstić information content (AvgIpc) is 2.84. The molecule has 1 aliphatic carbocycles. The van der Waals surface area contributed by atoms with Gasteiger partial charge in [-0.25, -0.2) is 0 Å². The van der Waals surface area contributed by atoms with Crippen molar-refractivity contribution in [3.8, 4) is 0 Å². The Labute approximate surface area is 96.6 Å². The molecule has 2 aliphatic rings. The van der Waals surface area contributed by atoms with Gasteiger partial charge in [0.2, 0.25) is 0 Å². The highest BCUT2D eigenvalue weighted by Crippen LogP contribution is 2.32. The first-order chi connectivity index (χ1) is 7.61. The first-order valence-electron chi connectivity index (χ1n) is 6.13. The van der Waals surface area contributed by atoms with Crippen molar-refractivity contribution in [2.24, 2.45) is 11.8 Å². The predicted octanol–water partition coefficient (Wildman–Crippen LogP) is 1.21. The molecule has 16 heavy (non-hydrogen) atoms. The first kappa shape index (κ1) is 11.9. The molecule has 2 fully saturated rings. The molecule has 0 bridgehead atoms. The van der Waals surface area contributed by atoms with Crippen LogP contribution < -0.4 is 0 Å². The van der Waals surface area contributed by atoms with Crippen molar-refractivity contribution in [1.29, 1.82) is 0 Å². The van der Waals surface area contributed by atoms with Crippen molar-refractivity contribution in [3.05, 3.63) is 0 Å². The van der Waals surface area contributed by atoms with E-state index < -0.39 is 5.97 Å². The van der Waals surface area contributed by atoms with Gasteiger partial charge in [0, 0.05) is 12.1 Å². The largest absolute Gasteiger partial charge is 0.481 e. The maximum Gasteiger partial charge on any atom is 0.310 e. The molecule has 0 amide bonds. The number of carboxylic acid groups (broad SMARTS) is 1. The maximum atomic E-state index is 11.1. The van der Waals surface area contributed by atoms with Gasteiger partial charge < -0.3 is 9.84 Å². The Morgan fingerprint density at radius 3 is 2.62 bits per heavy atom. The first-order valence-corrected chi connectivity index (χ1v) is 6.13. The zero-order chi connectivity index (χ0) is 11.7. The molecule has 1 aliphatic heterocycles. The predicted molar refractivity (Wildman–Crippen MR) is 60.3 cm³/mol. The molecular weight excluding hydrogens is 206 g/mol. The molecule has 0 aromatic carbocycles. The number of ether oxygens (including phenoxy) is 1. The third-order valence-electron chi connectivity index (χ3n) is 4.23. The second kappa shape index (κ2) is 4.72. The molecule has 4 heteroatoms. The second-order valence-corrected chi connectivity index (χ2v) is 5.19. The van der Waals surface area contributed by atoms with Crippen LogP contribution in [0.3, 0.4) is 0 Å². The SMILES string of the molecule is CC1CCCC1N(C)C1COCC1C(=O)O. The van der Waals surface area contributed by atoms with Gasteiger partial charge in [-0.15, -0.1) is 0 Å². The zero-order valence-corrected chi connectivity index (χ0v) is 10.1. The topological polar surface area (TPSA) is 49.8 Å². The zero-order valence-electron chi connectivity index (χ0n) is 10.1. The third kappa shape index (κ3) is 2.09. The van der Waals surface area contributed by atoms with E-state index in [4.69, 9.17) is 9.84 Å². The van der Waals surface area contributed by atoms with Crippen molar-refractivity contribution in [2.45, 2.75) is 38.3 Å². The molecule has 0 spiro atoms. The normalized spacial score (nSPS) is 39.4. The van der Waals surface area contributed by atoms with Gasteiger partial charge in [-0.2, -0.15) is 0 Å². The van der Waals surface area contributed by atoms with E-state index in [-0.39, 0.29) is 12.0 Å². The molecule has 2 rings (SSSR count). The minimum absolute atomic E-state index is 0.0584. The highest BCUT2D eigenvalue weighted by molar-refractivity contribution is 5.71. The van der Waals surface area contributed by atoms with Gasteiger partial charge in [-0.1, -0.05) is 13.3 Å². The quantitative estimate of drug-likeness (QED) is 0.787.